The Kier molecular flexibility index (Phi) is 4.94. The first-order valence-corrected chi connectivity index (χ1v) is 9.21. The molecule has 0 bridgehead atoms. The third kappa shape index (κ3) is 3.42. The first-order chi connectivity index (χ1) is 14.0. The van der Waals surface area contributed by atoms with Gasteiger partial charge in [0.2, 0.25) is 0 Å². The van der Waals surface area contributed by atoms with E-state index >= 15 is 0 Å². The molecule has 0 aliphatic carbocycles. The van der Waals surface area contributed by atoms with Crippen molar-refractivity contribution in [3.05, 3.63) is 78.1 Å². The molecule has 2 heterocycles. The Balaban J connectivity index is 1.57. The number of carbonyl (C=O) groups excluding carboxylic acids is 2. The van der Waals surface area contributed by atoms with Gasteiger partial charge in [0, 0.05) is 5.69 Å². The Morgan fingerprint density at radius 1 is 1.10 bits per heavy atom. The van der Waals surface area contributed by atoms with Crippen molar-refractivity contribution in [1.29, 1.82) is 0 Å². The molecule has 3 unspecified atom stereocenters. The van der Waals surface area contributed by atoms with Crippen LogP contribution in [0.1, 0.15) is 12.5 Å². The molecule has 7 nitrogen and oxygen atoms in total. The highest BCUT2D eigenvalue weighted by molar-refractivity contribution is 5.96. The van der Waals surface area contributed by atoms with Crippen LogP contribution in [0.25, 0.3) is 0 Å². The number of amides is 3. The van der Waals surface area contributed by atoms with E-state index in [9.17, 15) is 19.1 Å². The van der Waals surface area contributed by atoms with E-state index in [1.807, 2.05) is 30.3 Å². The molecular weight excluding hydrogens is 377 g/mol. The van der Waals surface area contributed by atoms with E-state index in [2.05, 4.69) is 0 Å². The summed E-state index contributed by atoms with van der Waals surface area (Å²) in [5, 5.41) is 13.1. The van der Waals surface area contributed by atoms with Gasteiger partial charge in [-0.25, -0.2) is 24.0 Å². The Morgan fingerprint density at radius 3 is 2.48 bits per heavy atom. The van der Waals surface area contributed by atoms with Crippen molar-refractivity contribution in [2.24, 2.45) is 0 Å². The van der Waals surface area contributed by atoms with Crippen molar-refractivity contribution in [3.63, 3.8) is 0 Å². The lowest BCUT2D eigenvalue weighted by molar-refractivity contribution is -0.0329. The number of hydrazine groups is 1. The van der Waals surface area contributed by atoms with Crippen LogP contribution in [0, 0.1) is 5.82 Å². The second-order valence-electron chi connectivity index (χ2n) is 6.89. The number of hydrogen-bond donors (Lipinski definition) is 1. The number of rotatable bonds is 3. The van der Waals surface area contributed by atoms with Crippen molar-refractivity contribution in [2.45, 2.75) is 31.8 Å². The third-order valence-corrected chi connectivity index (χ3v) is 4.96. The number of carbonyl (C=O) groups is 2. The highest BCUT2D eigenvalue weighted by Gasteiger charge is 2.51. The topological polar surface area (TPSA) is 73.3 Å². The lowest BCUT2D eigenvalue weighted by Crippen LogP contribution is -2.57. The number of nitrogens with zero attached hydrogens (tertiary/aromatic N) is 3. The zero-order valence-corrected chi connectivity index (χ0v) is 15.7. The summed E-state index contributed by atoms with van der Waals surface area (Å²) in [6, 6.07) is 12.6. The number of hydrogen-bond acceptors (Lipinski definition) is 4. The fraction of sp³-hybridized carbons (Fsp3) is 0.238. The van der Waals surface area contributed by atoms with Crippen LogP contribution in [0.5, 0.6) is 0 Å². The maximum Gasteiger partial charge on any atom is 0.429 e. The fourth-order valence-corrected chi connectivity index (χ4v) is 3.50. The minimum atomic E-state index is -1.24. The largest absolute Gasteiger partial charge is 0.443 e. The van der Waals surface area contributed by atoms with Crippen LogP contribution < -0.4 is 4.90 Å². The molecule has 2 aromatic rings. The Hall–Kier alpha value is -3.39. The number of aliphatic hydroxyl groups is 1. The fourth-order valence-electron chi connectivity index (χ4n) is 3.50. The molecule has 29 heavy (non-hydrogen) atoms. The molecule has 3 atom stereocenters. The van der Waals surface area contributed by atoms with Gasteiger partial charge < -0.3 is 9.84 Å². The average molecular weight is 397 g/mol. The van der Waals surface area contributed by atoms with Crippen LogP contribution in [0.4, 0.5) is 19.7 Å². The third-order valence-electron chi connectivity index (χ3n) is 4.96. The standard InChI is InChI=1S/C21H20FN3O4/c1-14-7-12-18-19(26)23(17-10-8-16(22)9-11-17)20(27)25(18)24(14)21(28)29-13-15-5-3-2-4-6-15/h2-12,14,18-19,26H,13H2,1H3. The smallest absolute Gasteiger partial charge is 0.429 e. The minimum Gasteiger partial charge on any atom is -0.443 e. The van der Waals surface area contributed by atoms with E-state index in [-0.39, 0.29) is 6.61 Å². The van der Waals surface area contributed by atoms with Gasteiger partial charge >= 0.3 is 12.1 Å². The predicted octanol–water partition coefficient (Wildman–Crippen LogP) is 3.27. The highest BCUT2D eigenvalue weighted by atomic mass is 19.1. The number of anilines is 1. The molecule has 0 spiro atoms. The van der Waals surface area contributed by atoms with Crippen molar-refractivity contribution in [3.8, 4) is 0 Å². The number of halogens is 1. The average Bonchev–Trinajstić information content (AvgIpc) is 2.98. The summed E-state index contributed by atoms with van der Waals surface area (Å²) in [5.74, 6) is -0.452. The Labute approximate surface area is 167 Å². The molecule has 1 N–H and O–H groups in total. The van der Waals surface area contributed by atoms with E-state index in [1.54, 1.807) is 19.1 Å². The number of urea groups is 1. The van der Waals surface area contributed by atoms with E-state index in [4.69, 9.17) is 4.74 Å². The van der Waals surface area contributed by atoms with Crippen molar-refractivity contribution in [1.82, 2.24) is 10.0 Å². The van der Waals surface area contributed by atoms with Crippen LogP contribution >= 0.6 is 0 Å². The van der Waals surface area contributed by atoms with Gasteiger partial charge in [0.15, 0.2) is 6.23 Å². The lowest BCUT2D eigenvalue weighted by Gasteiger charge is -2.39. The van der Waals surface area contributed by atoms with Crippen molar-refractivity contribution < 1.29 is 23.8 Å². The summed E-state index contributed by atoms with van der Waals surface area (Å²) in [6.07, 6.45) is 1.48. The summed E-state index contributed by atoms with van der Waals surface area (Å²) in [7, 11) is 0. The van der Waals surface area contributed by atoms with Crippen molar-refractivity contribution in [2.75, 3.05) is 4.90 Å². The lowest BCUT2D eigenvalue weighted by atomic mass is 10.1. The zero-order chi connectivity index (χ0) is 20.5. The number of ether oxygens (including phenoxy) is 1. The van der Waals surface area contributed by atoms with Gasteiger partial charge in [-0.05, 0) is 36.8 Å². The molecule has 4 rings (SSSR count). The van der Waals surface area contributed by atoms with Gasteiger partial charge in [0.1, 0.15) is 18.5 Å². The van der Waals surface area contributed by atoms with E-state index in [0.717, 1.165) is 10.5 Å². The van der Waals surface area contributed by atoms with Crippen LogP contribution in [0.2, 0.25) is 0 Å². The van der Waals surface area contributed by atoms with Gasteiger partial charge in [0.25, 0.3) is 0 Å². The molecule has 3 amide bonds. The summed E-state index contributed by atoms with van der Waals surface area (Å²) in [6.45, 7) is 1.81. The van der Waals surface area contributed by atoms with Crippen LogP contribution in [-0.2, 0) is 11.3 Å². The minimum absolute atomic E-state index is 0.0591. The SMILES string of the molecule is CC1C=CC2C(O)N(c3ccc(F)cc3)C(=O)N2N1C(=O)OCc1ccccc1. The summed E-state index contributed by atoms with van der Waals surface area (Å²) >= 11 is 0. The van der Waals surface area contributed by atoms with Crippen LogP contribution in [0.3, 0.4) is 0 Å². The molecule has 2 aliphatic heterocycles. The molecule has 0 aromatic heterocycles. The first kappa shape index (κ1) is 18.9. The van der Waals surface area contributed by atoms with E-state index in [1.165, 1.54) is 34.3 Å². The van der Waals surface area contributed by atoms with Crippen LogP contribution in [0.15, 0.2) is 66.7 Å². The zero-order valence-electron chi connectivity index (χ0n) is 15.7. The maximum atomic E-state index is 13.3. The summed E-state index contributed by atoms with van der Waals surface area (Å²) in [5.41, 5.74) is 1.15. The van der Waals surface area contributed by atoms with Gasteiger partial charge in [-0.1, -0.05) is 42.5 Å². The molecule has 1 saturated heterocycles. The normalized spacial score (nSPS) is 23.3. The highest BCUT2D eigenvalue weighted by Crippen LogP contribution is 2.33. The van der Waals surface area contributed by atoms with Crippen LogP contribution in [-0.4, -0.2) is 45.6 Å². The molecule has 1 fully saturated rings. The van der Waals surface area contributed by atoms with E-state index < -0.39 is 36.3 Å². The first-order valence-electron chi connectivity index (χ1n) is 9.21. The number of benzene rings is 2. The maximum absolute atomic E-state index is 13.3. The molecule has 0 saturated carbocycles. The second kappa shape index (κ2) is 7.56. The molecular formula is C21H20FN3O4. The predicted molar refractivity (Wildman–Crippen MR) is 103 cm³/mol. The molecule has 2 aromatic carbocycles. The summed E-state index contributed by atoms with van der Waals surface area (Å²) < 4.78 is 18.6. The molecule has 0 radical (unpaired) electrons. The van der Waals surface area contributed by atoms with Gasteiger partial charge in [-0.15, -0.1) is 0 Å². The molecule has 2 aliphatic rings. The monoisotopic (exact) mass is 397 g/mol. The Bertz CT molecular complexity index is 935. The van der Waals surface area contributed by atoms with Gasteiger partial charge in [-0.2, -0.15) is 0 Å². The van der Waals surface area contributed by atoms with E-state index in [0.29, 0.717) is 5.69 Å². The number of aliphatic hydroxyl groups excluding tert-OH is 1. The molecule has 8 heteroatoms. The van der Waals surface area contributed by atoms with Gasteiger partial charge in [0.05, 0.1) is 6.04 Å². The quantitative estimate of drug-likeness (QED) is 0.807. The van der Waals surface area contributed by atoms with Crippen molar-refractivity contribution >= 4 is 17.8 Å². The number of fused-ring (bicyclic) bond motifs is 1. The summed E-state index contributed by atoms with van der Waals surface area (Å²) in [4.78, 5) is 27.0. The van der Waals surface area contributed by atoms with Gasteiger partial charge in [-0.3, -0.25) is 4.90 Å². The Morgan fingerprint density at radius 2 is 1.79 bits per heavy atom. The molecule has 150 valence electrons. The second-order valence-corrected chi connectivity index (χ2v) is 6.89.